The number of nitrogens with zero attached hydrogens (tertiary/aromatic N) is 4. The molecule has 0 fully saturated rings. The van der Waals surface area contributed by atoms with E-state index in [1.807, 2.05) is 24.1 Å². The lowest BCUT2D eigenvalue weighted by molar-refractivity contribution is 0.500. The summed E-state index contributed by atoms with van der Waals surface area (Å²) in [7, 11) is 1.95. The topological polar surface area (TPSA) is 47.7 Å². The first kappa shape index (κ1) is 13.8. The predicted octanol–water partition coefficient (Wildman–Crippen LogP) is 1.92. The highest BCUT2D eigenvalue weighted by Crippen LogP contribution is 2.16. The van der Waals surface area contributed by atoms with E-state index < -0.39 is 0 Å². The number of likely N-dealkylation sites (N-methyl/N-ethyl adjacent to an activating group) is 1. The first-order valence-corrected chi connectivity index (χ1v) is 6.97. The third kappa shape index (κ3) is 3.44. The van der Waals surface area contributed by atoms with E-state index in [1.54, 1.807) is 0 Å². The Morgan fingerprint density at radius 3 is 2.79 bits per heavy atom. The molecule has 19 heavy (non-hydrogen) atoms. The molecule has 5 nitrogen and oxygen atoms in total. The van der Waals surface area contributed by atoms with E-state index in [0.717, 1.165) is 37.4 Å². The summed E-state index contributed by atoms with van der Waals surface area (Å²) >= 11 is 0. The second-order valence-electron chi connectivity index (χ2n) is 4.77. The van der Waals surface area contributed by atoms with Crippen LogP contribution in [-0.4, -0.2) is 25.9 Å². The zero-order valence-corrected chi connectivity index (χ0v) is 12.0. The van der Waals surface area contributed by atoms with Crippen LogP contribution in [0, 0.1) is 0 Å². The fourth-order valence-electron chi connectivity index (χ4n) is 2.30. The summed E-state index contributed by atoms with van der Waals surface area (Å²) in [6.07, 6.45) is 7.92. The molecule has 0 aliphatic carbocycles. The highest BCUT2D eigenvalue weighted by molar-refractivity contribution is 5.09. The molecule has 0 aliphatic rings. The Balaban J connectivity index is 2.14. The van der Waals surface area contributed by atoms with Crippen LogP contribution in [-0.2, 0) is 20.0 Å². The molecule has 1 N–H and O–H groups in total. The zero-order chi connectivity index (χ0) is 13.7. The first-order chi connectivity index (χ1) is 9.24. The van der Waals surface area contributed by atoms with Crippen molar-refractivity contribution in [1.29, 1.82) is 0 Å². The molecule has 104 valence electrons. The monoisotopic (exact) mass is 261 g/mol. The van der Waals surface area contributed by atoms with Crippen LogP contribution >= 0.6 is 0 Å². The van der Waals surface area contributed by atoms with Gasteiger partial charge in [-0.2, -0.15) is 5.10 Å². The average Bonchev–Trinajstić information content (AvgIpc) is 2.99. The van der Waals surface area contributed by atoms with Crippen molar-refractivity contribution in [2.24, 2.45) is 7.05 Å². The van der Waals surface area contributed by atoms with Gasteiger partial charge in [0.05, 0.1) is 11.7 Å². The van der Waals surface area contributed by atoms with Crippen molar-refractivity contribution in [1.82, 2.24) is 24.6 Å². The average molecular weight is 261 g/mol. The predicted molar refractivity (Wildman–Crippen MR) is 75.8 cm³/mol. The lowest BCUT2D eigenvalue weighted by Gasteiger charge is -2.16. The summed E-state index contributed by atoms with van der Waals surface area (Å²) in [5, 5.41) is 7.99. The quantitative estimate of drug-likeness (QED) is 0.828. The van der Waals surface area contributed by atoms with Gasteiger partial charge in [-0.25, -0.2) is 4.98 Å². The van der Waals surface area contributed by atoms with Crippen LogP contribution in [0.15, 0.2) is 24.7 Å². The Bertz CT molecular complexity index is 499. The van der Waals surface area contributed by atoms with Gasteiger partial charge in [0.2, 0.25) is 0 Å². The Morgan fingerprint density at radius 1 is 1.32 bits per heavy atom. The Kier molecular flexibility index (Phi) is 4.74. The van der Waals surface area contributed by atoms with E-state index in [0.29, 0.717) is 0 Å². The van der Waals surface area contributed by atoms with Crippen molar-refractivity contribution in [2.45, 2.75) is 39.3 Å². The van der Waals surface area contributed by atoms with Gasteiger partial charge in [-0.1, -0.05) is 13.8 Å². The molecular weight excluding hydrogens is 238 g/mol. The smallest absolute Gasteiger partial charge is 0.110 e. The van der Waals surface area contributed by atoms with Crippen LogP contribution in [0.2, 0.25) is 0 Å². The summed E-state index contributed by atoms with van der Waals surface area (Å²) in [6.45, 7) is 6.25. The normalized spacial score (nSPS) is 12.8. The van der Waals surface area contributed by atoms with Crippen LogP contribution in [0.5, 0.6) is 0 Å². The molecule has 0 saturated carbocycles. The third-order valence-corrected chi connectivity index (χ3v) is 3.19. The van der Waals surface area contributed by atoms with E-state index >= 15 is 0 Å². The maximum atomic E-state index is 4.50. The summed E-state index contributed by atoms with van der Waals surface area (Å²) in [5.74, 6) is 1.12. The third-order valence-electron chi connectivity index (χ3n) is 3.19. The molecular formula is C14H23N5. The molecule has 0 radical (unpaired) electrons. The minimum Gasteiger partial charge on any atom is -0.335 e. The van der Waals surface area contributed by atoms with Crippen molar-refractivity contribution in [3.63, 3.8) is 0 Å². The molecule has 0 amide bonds. The second kappa shape index (κ2) is 6.52. The molecule has 2 aromatic rings. The number of hydrogen-bond acceptors (Lipinski definition) is 3. The van der Waals surface area contributed by atoms with Crippen molar-refractivity contribution in [2.75, 3.05) is 6.54 Å². The molecule has 0 spiro atoms. The molecule has 1 atom stereocenters. The highest BCUT2D eigenvalue weighted by atomic mass is 15.3. The van der Waals surface area contributed by atoms with Gasteiger partial charge in [0.15, 0.2) is 0 Å². The van der Waals surface area contributed by atoms with Gasteiger partial charge in [-0.15, -0.1) is 0 Å². The molecule has 0 bridgehead atoms. The molecule has 2 heterocycles. The largest absolute Gasteiger partial charge is 0.335 e. The van der Waals surface area contributed by atoms with Gasteiger partial charge >= 0.3 is 0 Å². The summed E-state index contributed by atoms with van der Waals surface area (Å²) in [6, 6.07) is 2.30. The van der Waals surface area contributed by atoms with Crippen molar-refractivity contribution >= 4 is 0 Å². The van der Waals surface area contributed by atoms with E-state index in [9.17, 15) is 0 Å². The van der Waals surface area contributed by atoms with Crippen molar-refractivity contribution in [3.05, 3.63) is 36.2 Å². The first-order valence-electron chi connectivity index (χ1n) is 6.97. The van der Waals surface area contributed by atoms with Crippen LogP contribution in [0.25, 0.3) is 0 Å². The van der Waals surface area contributed by atoms with E-state index in [1.165, 1.54) is 0 Å². The minimum absolute atomic E-state index is 0.226. The van der Waals surface area contributed by atoms with Crippen molar-refractivity contribution in [3.8, 4) is 0 Å². The molecule has 1 unspecified atom stereocenters. The van der Waals surface area contributed by atoms with Crippen LogP contribution in [0.4, 0.5) is 0 Å². The maximum Gasteiger partial charge on any atom is 0.110 e. The number of aromatic nitrogens is 4. The van der Waals surface area contributed by atoms with Crippen molar-refractivity contribution < 1.29 is 0 Å². The lowest BCUT2D eigenvalue weighted by Crippen LogP contribution is -2.25. The fraction of sp³-hybridized carbons (Fsp3) is 0.571. The van der Waals surface area contributed by atoms with E-state index in [-0.39, 0.29) is 6.04 Å². The molecule has 0 saturated heterocycles. The van der Waals surface area contributed by atoms with E-state index in [4.69, 9.17) is 0 Å². The highest BCUT2D eigenvalue weighted by Gasteiger charge is 2.16. The summed E-state index contributed by atoms with van der Waals surface area (Å²) in [4.78, 5) is 4.48. The van der Waals surface area contributed by atoms with E-state index in [2.05, 4.69) is 46.1 Å². The summed E-state index contributed by atoms with van der Waals surface area (Å²) < 4.78 is 4.07. The molecule has 5 heteroatoms. The van der Waals surface area contributed by atoms with Gasteiger partial charge in [0.1, 0.15) is 5.82 Å². The van der Waals surface area contributed by atoms with Gasteiger partial charge in [0.25, 0.3) is 0 Å². The number of rotatable bonds is 7. The van der Waals surface area contributed by atoms with Gasteiger partial charge in [-0.05, 0) is 19.0 Å². The molecule has 2 rings (SSSR count). The molecule has 0 aromatic carbocycles. The van der Waals surface area contributed by atoms with Crippen LogP contribution in [0.1, 0.15) is 37.8 Å². The number of nitrogens with one attached hydrogen (secondary N) is 1. The number of aryl methyl sites for hydroxylation is 2. The summed E-state index contributed by atoms with van der Waals surface area (Å²) in [5.41, 5.74) is 1.08. The number of imidazole rings is 1. The zero-order valence-electron chi connectivity index (χ0n) is 12.0. The SMILES string of the molecule is CCCn1ccnc1CC(NCC)c1ccn(C)n1. The molecule has 2 aromatic heterocycles. The fourth-order valence-corrected chi connectivity index (χ4v) is 2.30. The Hall–Kier alpha value is -1.62. The Labute approximate surface area is 114 Å². The molecule has 0 aliphatic heterocycles. The van der Waals surface area contributed by atoms with Crippen LogP contribution < -0.4 is 5.32 Å². The maximum absolute atomic E-state index is 4.50. The minimum atomic E-state index is 0.226. The van der Waals surface area contributed by atoms with Gasteiger partial charge in [-0.3, -0.25) is 4.68 Å². The lowest BCUT2D eigenvalue weighted by atomic mass is 10.1. The van der Waals surface area contributed by atoms with Gasteiger partial charge in [0, 0.05) is 38.6 Å². The van der Waals surface area contributed by atoms with Gasteiger partial charge < -0.3 is 9.88 Å². The van der Waals surface area contributed by atoms with Crippen LogP contribution in [0.3, 0.4) is 0 Å². The Morgan fingerprint density at radius 2 is 2.16 bits per heavy atom. The number of hydrogen-bond donors (Lipinski definition) is 1. The second-order valence-corrected chi connectivity index (χ2v) is 4.77. The standard InChI is InChI=1S/C14H23N5/c1-4-8-19-10-7-16-14(19)11-13(15-5-2)12-6-9-18(3)17-12/h6-7,9-10,13,15H,4-5,8,11H2,1-3H3.